The van der Waals surface area contributed by atoms with Crippen molar-refractivity contribution in [3.63, 3.8) is 0 Å². The van der Waals surface area contributed by atoms with Crippen molar-refractivity contribution in [1.82, 2.24) is 16.0 Å². The highest BCUT2D eigenvalue weighted by Gasteiger charge is 2.05. The molecule has 0 spiro atoms. The molecule has 0 aliphatic heterocycles. The van der Waals surface area contributed by atoms with Gasteiger partial charge in [-0.15, -0.1) is 24.0 Å². The Balaban J connectivity index is 0.00000364. The fourth-order valence-corrected chi connectivity index (χ4v) is 2.56. The average Bonchev–Trinajstić information content (AvgIpc) is 2.67. The highest BCUT2D eigenvalue weighted by Crippen LogP contribution is 2.11. The summed E-state index contributed by atoms with van der Waals surface area (Å²) in [6.45, 7) is 2.22. The SMILES string of the molecule is CN=C(NCCNC(=O)c1cccc(Br)c1)NCCOc1ccccc1.I. The van der Waals surface area contributed by atoms with Crippen molar-refractivity contribution in [2.24, 2.45) is 4.99 Å². The van der Waals surface area contributed by atoms with E-state index in [4.69, 9.17) is 4.74 Å². The van der Waals surface area contributed by atoms with E-state index in [1.165, 1.54) is 0 Å². The van der Waals surface area contributed by atoms with Crippen molar-refractivity contribution >= 4 is 51.8 Å². The van der Waals surface area contributed by atoms with Gasteiger partial charge in [0.15, 0.2) is 5.96 Å². The van der Waals surface area contributed by atoms with Crippen LogP contribution in [0.3, 0.4) is 0 Å². The van der Waals surface area contributed by atoms with Crippen molar-refractivity contribution in [3.8, 4) is 5.75 Å². The lowest BCUT2D eigenvalue weighted by molar-refractivity contribution is 0.0954. The molecule has 0 fully saturated rings. The Morgan fingerprint density at radius 1 is 1.00 bits per heavy atom. The third-order valence-electron chi connectivity index (χ3n) is 3.42. The predicted molar refractivity (Wildman–Crippen MR) is 123 cm³/mol. The molecule has 8 heteroatoms. The minimum Gasteiger partial charge on any atom is -0.492 e. The number of rotatable bonds is 8. The van der Waals surface area contributed by atoms with Crippen LogP contribution in [0.4, 0.5) is 0 Å². The number of hydrogen-bond donors (Lipinski definition) is 3. The summed E-state index contributed by atoms with van der Waals surface area (Å²) in [5.41, 5.74) is 0.625. The molecule has 6 nitrogen and oxygen atoms in total. The Kier molecular flexibility index (Phi) is 11.5. The molecule has 0 aliphatic carbocycles. The van der Waals surface area contributed by atoms with Crippen molar-refractivity contribution in [2.45, 2.75) is 0 Å². The monoisotopic (exact) mass is 546 g/mol. The Hall–Kier alpha value is -1.81. The zero-order chi connectivity index (χ0) is 18.6. The zero-order valence-corrected chi connectivity index (χ0v) is 19.0. The van der Waals surface area contributed by atoms with Crippen molar-refractivity contribution in [3.05, 3.63) is 64.6 Å². The molecule has 2 rings (SSSR count). The molecule has 0 unspecified atom stereocenters. The first-order chi connectivity index (χ1) is 12.7. The molecule has 0 radical (unpaired) electrons. The number of benzene rings is 2. The number of amides is 1. The number of carbonyl (C=O) groups is 1. The second-order valence-electron chi connectivity index (χ2n) is 5.35. The molecule has 3 N–H and O–H groups in total. The van der Waals surface area contributed by atoms with Gasteiger partial charge in [-0.05, 0) is 30.3 Å². The molecule has 146 valence electrons. The molecule has 0 heterocycles. The molecular weight excluding hydrogens is 523 g/mol. The quantitative estimate of drug-likeness (QED) is 0.206. The normalized spacial score (nSPS) is 10.5. The van der Waals surface area contributed by atoms with Gasteiger partial charge in [0.1, 0.15) is 12.4 Å². The van der Waals surface area contributed by atoms with E-state index in [-0.39, 0.29) is 29.9 Å². The van der Waals surface area contributed by atoms with Gasteiger partial charge in [0, 0.05) is 30.2 Å². The predicted octanol–water partition coefficient (Wildman–Crippen LogP) is 3.04. The molecule has 1 amide bonds. The number of carbonyl (C=O) groups excluding carboxylic acids is 1. The van der Waals surface area contributed by atoms with Gasteiger partial charge in [-0.2, -0.15) is 0 Å². The summed E-state index contributed by atoms with van der Waals surface area (Å²) in [5.74, 6) is 1.40. The van der Waals surface area contributed by atoms with Crippen LogP contribution < -0.4 is 20.7 Å². The summed E-state index contributed by atoms with van der Waals surface area (Å²) in [4.78, 5) is 16.2. The smallest absolute Gasteiger partial charge is 0.251 e. The number of guanidine groups is 1. The van der Waals surface area contributed by atoms with E-state index in [9.17, 15) is 4.79 Å². The molecule has 0 aliphatic rings. The second-order valence-corrected chi connectivity index (χ2v) is 6.27. The lowest BCUT2D eigenvalue weighted by Crippen LogP contribution is -2.42. The number of para-hydroxylation sites is 1. The molecule has 0 atom stereocenters. The highest BCUT2D eigenvalue weighted by atomic mass is 127. The van der Waals surface area contributed by atoms with Gasteiger partial charge in [-0.3, -0.25) is 9.79 Å². The van der Waals surface area contributed by atoms with Crippen LogP contribution in [0.1, 0.15) is 10.4 Å². The van der Waals surface area contributed by atoms with Crippen LogP contribution in [0.25, 0.3) is 0 Å². The van der Waals surface area contributed by atoms with Gasteiger partial charge in [-0.1, -0.05) is 40.2 Å². The van der Waals surface area contributed by atoms with Gasteiger partial charge in [-0.25, -0.2) is 0 Å². The van der Waals surface area contributed by atoms with Gasteiger partial charge in [0.25, 0.3) is 5.91 Å². The fraction of sp³-hybridized carbons (Fsp3) is 0.263. The van der Waals surface area contributed by atoms with Crippen LogP contribution in [0.2, 0.25) is 0 Å². The third-order valence-corrected chi connectivity index (χ3v) is 3.91. The maximum Gasteiger partial charge on any atom is 0.251 e. The second kappa shape index (κ2) is 13.4. The number of aliphatic imine (C=N–C) groups is 1. The summed E-state index contributed by atoms with van der Waals surface area (Å²) in [6, 6.07) is 16.9. The Bertz CT molecular complexity index is 729. The Morgan fingerprint density at radius 2 is 1.70 bits per heavy atom. The van der Waals surface area contributed by atoms with E-state index >= 15 is 0 Å². The zero-order valence-electron chi connectivity index (χ0n) is 15.1. The number of nitrogens with zero attached hydrogens (tertiary/aromatic N) is 1. The number of hydrogen-bond acceptors (Lipinski definition) is 3. The summed E-state index contributed by atoms with van der Waals surface area (Å²) in [5, 5.41) is 9.17. The largest absolute Gasteiger partial charge is 0.492 e. The first-order valence-electron chi connectivity index (χ1n) is 8.35. The summed E-state index contributed by atoms with van der Waals surface area (Å²) in [7, 11) is 1.70. The van der Waals surface area contributed by atoms with Crippen molar-refractivity contribution in [1.29, 1.82) is 0 Å². The van der Waals surface area contributed by atoms with Crippen molar-refractivity contribution < 1.29 is 9.53 Å². The van der Waals surface area contributed by atoms with Gasteiger partial charge in [0.2, 0.25) is 0 Å². The summed E-state index contributed by atoms with van der Waals surface area (Å²) in [6.07, 6.45) is 0. The minimum absolute atomic E-state index is 0. The van der Waals surface area contributed by atoms with E-state index in [0.29, 0.717) is 37.8 Å². The molecule has 0 aromatic heterocycles. The average molecular weight is 547 g/mol. The Morgan fingerprint density at radius 3 is 2.41 bits per heavy atom. The van der Waals surface area contributed by atoms with E-state index in [1.54, 1.807) is 19.2 Å². The van der Waals surface area contributed by atoms with E-state index < -0.39 is 0 Å². The topological polar surface area (TPSA) is 74.8 Å². The van der Waals surface area contributed by atoms with Crippen LogP contribution >= 0.6 is 39.9 Å². The first-order valence-corrected chi connectivity index (χ1v) is 9.14. The lowest BCUT2D eigenvalue weighted by Gasteiger charge is -2.13. The van der Waals surface area contributed by atoms with E-state index in [0.717, 1.165) is 10.2 Å². The summed E-state index contributed by atoms with van der Waals surface area (Å²) >= 11 is 3.36. The summed E-state index contributed by atoms with van der Waals surface area (Å²) < 4.78 is 6.49. The molecule has 2 aromatic carbocycles. The molecule has 0 saturated heterocycles. The van der Waals surface area contributed by atoms with Gasteiger partial charge < -0.3 is 20.7 Å². The number of nitrogens with one attached hydrogen (secondary N) is 3. The van der Waals surface area contributed by atoms with Crippen LogP contribution in [0, 0.1) is 0 Å². The van der Waals surface area contributed by atoms with E-state index in [1.807, 2.05) is 42.5 Å². The number of halogens is 2. The standard InChI is InChI=1S/C19H23BrN4O2.HI/c1-21-19(24-12-13-26-17-8-3-2-4-9-17)23-11-10-22-18(25)15-6-5-7-16(20)14-15;/h2-9,14H,10-13H2,1H3,(H,22,25)(H2,21,23,24);1H. The molecule has 0 bridgehead atoms. The van der Waals surface area contributed by atoms with Crippen LogP contribution in [0.5, 0.6) is 5.75 Å². The van der Waals surface area contributed by atoms with Gasteiger partial charge in [0.05, 0.1) is 6.54 Å². The minimum atomic E-state index is -0.104. The molecule has 27 heavy (non-hydrogen) atoms. The van der Waals surface area contributed by atoms with Crippen molar-refractivity contribution in [2.75, 3.05) is 33.3 Å². The van der Waals surface area contributed by atoms with E-state index in [2.05, 4.69) is 36.9 Å². The van der Waals surface area contributed by atoms with Crippen LogP contribution in [-0.2, 0) is 0 Å². The fourth-order valence-electron chi connectivity index (χ4n) is 2.16. The third kappa shape index (κ3) is 9.09. The molecule has 2 aromatic rings. The first kappa shape index (κ1) is 23.2. The van der Waals surface area contributed by atoms with Gasteiger partial charge >= 0.3 is 0 Å². The molecular formula is C19H24BrIN4O2. The highest BCUT2D eigenvalue weighted by molar-refractivity contribution is 14.0. The lowest BCUT2D eigenvalue weighted by atomic mass is 10.2. The molecule has 0 saturated carbocycles. The Labute approximate surface area is 185 Å². The number of ether oxygens (including phenoxy) is 1. The maximum absolute atomic E-state index is 12.0. The maximum atomic E-state index is 12.0. The van der Waals surface area contributed by atoms with Crippen LogP contribution in [-0.4, -0.2) is 45.2 Å². The van der Waals surface area contributed by atoms with Crippen LogP contribution in [0.15, 0.2) is 64.1 Å².